The first kappa shape index (κ1) is 24.9. The fourth-order valence-corrected chi connectivity index (χ4v) is 5.21. The number of alkyl halides is 3. The minimum atomic E-state index is -4.38. The van der Waals surface area contributed by atoms with Gasteiger partial charge in [-0.05, 0) is 49.1 Å². The summed E-state index contributed by atoms with van der Waals surface area (Å²) in [7, 11) is 1.84. The predicted octanol–water partition coefficient (Wildman–Crippen LogP) is 6.09. The van der Waals surface area contributed by atoms with Crippen molar-refractivity contribution >= 4 is 29.1 Å². The van der Waals surface area contributed by atoms with Crippen molar-refractivity contribution in [3.8, 4) is 0 Å². The number of fused-ring (bicyclic) bond motifs is 5. The lowest BCUT2D eigenvalue weighted by Gasteiger charge is -2.35. The zero-order valence-electron chi connectivity index (χ0n) is 21.0. The molecule has 2 aliphatic heterocycles. The molecule has 0 spiro atoms. The summed E-state index contributed by atoms with van der Waals surface area (Å²) in [5.41, 5.74) is 1.49. The van der Waals surface area contributed by atoms with Gasteiger partial charge in [-0.1, -0.05) is 44.2 Å². The van der Waals surface area contributed by atoms with E-state index in [-0.39, 0.29) is 24.5 Å². The van der Waals surface area contributed by atoms with Crippen LogP contribution in [0.1, 0.15) is 49.8 Å². The summed E-state index contributed by atoms with van der Waals surface area (Å²) in [6.45, 7) is 4.26. The van der Waals surface area contributed by atoms with Crippen LogP contribution >= 0.6 is 0 Å². The van der Waals surface area contributed by atoms with Crippen LogP contribution in [0.4, 0.5) is 30.5 Å². The molecule has 0 amide bonds. The molecule has 37 heavy (non-hydrogen) atoms. The van der Waals surface area contributed by atoms with Crippen LogP contribution in [0.15, 0.2) is 59.6 Å². The molecular formula is C27H30F3N7. The Labute approximate surface area is 214 Å². The number of guanidine groups is 1. The Morgan fingerprint density at radius 3 is 2.41 bits per heavy atom. The van der Waals surface area contributed by atoms with Gasteiger partial charge in [-0.3, -0.25) is 15.2 Å². The standard InChI is InChI=1S/C25H24F3N7.C2H6/c1-33-21(29)20-22(30-17-6-3-2-4-7-17)34(14-15-10-12-16(13-11-15)25(26,27)28)32-23(20)35-19-9-5-8-18(19)31-24(33)35;1-2/h2-4,6-7,10-13,18-19,29-30H,5,8-9,14H2,1H3;1-2H3. The van der Waals surface area contributed by atoms with Gasteiger partial charge >= 0.3 is 6.18 Å². The second-order valence-corrected chi connectivity index (χ2v) is 9.16. The number of aromatic nitrogens is 2. The average molecular weight is 510 g/mol. The van der Waals surface area contributed by atoms with E-state index in [2.05, 4.69) is 10.2 Å². The van der Waals surface area contributed by atoms with Gasteiger partial charge in [0.05, 0.1) is 24.2 Å². The first-order valence-corrected chi connectivity index (χ1v) is 12.6. The van der Waals surface area contributed by atoms with E-state index in [0.29, 0.717) is 22.8 Å². The number of aliphatic imine (C=N–C) groups is 1. The van der Waals surface area contributed by atoms with E-state index in [0.717, 1.165) is 43.0 Å². The SMILES string of the molecule is CC.CN1C(=N)c2c(nn(Cc3ccc(C(F)(F)F)cc3)c2Nc2ccccc2)N2C1=NC1CCCC12. The highest BCUT2D eigenvalue weighted by atomic mass is 19.4. The largest absolute Gasteiger partial charge is 0.416 e. The number of rotatable bonds is 4. The summed E-state index contributed by atoms with van der Waals surface area (Å²) in [5.74, 6) is 2.32. The molecule has 2 atom stereocenters. The van der Waals surface area contributed by atoms with Crippen molar-refractivity contribution in [3.63, 3.8) is 0 Å². The maximum absolute atomic E-state index is 13.0. The maximum atomic E-state index is 13.0. The third-order valence-corrected chi connectivity index (χ3v) is 6.96. The van der Waals surface area contributed by atoms with Crippen LogP contribution in [0.3, 0.4) is 0 Å². The van der Waals surface area contributed by atoms with Gasteiger partial charge in [-0.25, -0.2) is 9.67 Å². The summed E-state index contributed by atoms with van der Waals surface area (Å²) in [4.78, 5) is 8.83. The molecule has 3 aliphatic rings. The van der Waals surface area contributed by atoms with Gasteiger partial charge in [0.1, 0.15) is 17.2 Å². The normalized spacial score (nSPS) is 20.1. The minimum absolute atomic E-state index is 0.191. The lowest BCUT2D eigenvalue weighted by Crippen LogP contribution is -2.51. The molecule has 1 fully saturated rings. The molecule has 0 saturated heterocycles. The highest BCUT2D eigenvalue weighted by Gasteiger charge is 2.48. The Balaban J connectivity index is 0.00000137. The highest BCUT2D eigenvalue weighted by molar-refractivity contribution is 6.22. The molecule has 1 saturated carbocycles. The molecule has 0 radical (unpaired) electrons. The lowest BCUT2D eigenvalue weighted by molar-refractivity contribution is -0.137. The summed E-state index contributed by atoms with van der Waals surface area (Å²) in [6.07, 6.45) is -1.26. The van der Waals surface area contributed by atoms with Crippen molar-refractivity contribution in [2.75, 3.05) is 17.3 Å². The van der Waals surface area contributed by atoms with Crippen LogP contribution in [0.2, 0.25) is 0 Å². The summed E-state index contributed by atoms with van der Waals surface area (Å²) >= 11 is 0. The predicted molar refractivity (Wildman–Crippen MR) is 140 cm³/mol. The summed E-state index contributed by atoms with van der Waals surface area (Å²) < 4.78 is 40.9. The molecular weight excluding hydrogens is 479 g/mol. The summed E-state index contributed by atoms with van der Waals surface area (Å²) in [5, 5.41) is 17.3. The monoisotopic (exact) mass is 509 g/mol. The number of para-hydroxylation sites is 1. The number of hydrogen-bond donors (Lipinski definition) is 2. The maximum Gasteiger partial charge on any atom is 0.416 e. The number of halogens is 3. The molecule has 3 aromatic rings. The van der Waals surface area contributed by atoms with E-state index in [1.807, 2.05) is 51.2 Å². The fourth-order valence-electron chi connectivity index (χ4n) is 5.21. The summed E-state index contributed by atoms with van der Waals surface area (Å²) in [6, 6.07) is 15.1. The lowest BCUT2D eigenvalue weighted by atomic mass is 10.1. The van der Waals surface area contributed by atoms with Crippen LogP contribution in [-0.4, -0.2) is 45.6 Å². The molecule has 2 unspecified atom stereocenters. The number of benzene rings is 2. The van der Waals surface area contributed by atoms with Gasteiger partial charge < -0.3 is 5.32 Å². The number of nitrogens with zero attached hydrogens (tertiary/aromatic N) is 5. The molecule has 1 aliphatic carbocycles. The van der Waals surface area contributed by atoms with Crippen LogP contribution in [0.25, 0.3) is 0 Å². The van der Waals surface area contributed by atoms with Gasteiger partial charge in [0.15, 0.2) is 5.82 Å². The van der Waals surface area contributed by atoms with Crippen molar-refractivity contribution in [1.82, 2.24) is 14.7 Å². The van der Waals surface area contributed by atoms with Crippen molar-refractivity contribution < 1.29 is 13.2 Å². The van der Waals surface area contributed by atoms with Crippen molar-refractivity contribution in [2.45, 2.75) is 57.9 Å². The van der Waals surface area contributed by atoms with Crippen LogP contribution in [0.5, 0.6) is 0 Å². The molecule has 3 heterocycles. The first-order chi connectivity index (χ1) is 17.8. The number of hydrogen-bond acceptors (Lipinski definition) is 5. The Hall–Kier alpha value is -3.82. The molecule has 10 heteroatoms. The number of amidine groups is 1. The van der Waals surface area contributed by atoms with Gasteiger partial charge in [0.2, 0.25) is 5.96 Å². The van der Waals surface area contributed by atoms with Crippen LogP contribution < -0.4 is 10.2 Å². The number of anilines is 3. The average Bonchev–Trinajstić information content (AvgIpc) is 3.58. The zero-order chi connectivity index (χ0) is 26.3. The quantitative estimate of drug-likeness (QED) is 0.447. The molecule has 2 N–H and O–H groups in total. The van der Waals surface area contributed by atoms with Gasteiger partial charge in [0.25, 0.3) is 0 Å². The third kappa shape index (κ3) is 4.34. The van der Waals surface area contributed by atoms with Gasteiger partial charge in [-0.2, -0.15) is 18.3 Å². The molecule has 6 rings (SSSR count). The Morgan fingerprint density at radius 1 is 1.03 bits per heavy atom. The zero-order valence-corrected chi connectivity index (χ0v) is 21.0. The molecule has 7 nitrogen and oxygen atoms in total. The van der Waals surface area contributed by atoms with Crippen LogP contribution in [0, 0.1) is 5.41 Å². The van der Waals surface area contributed by atoms with E-state index in [9.17, 15) is 13.2 Å². The van der Waals surface area contributed by atoms with Crippen molar-refractivity contribution in [3.05, 3.63) is 71.3 Å². The topological polar surface area (TPSA) is 72.5 Å². The molecule has 2 aromatic carbocycles. The Morgan fingerprint density at radius 2 is 1.73 bits per heavy atom. The Kier molecular flexibility index (Phi) is 6.43. The van der Waals surface area contributed by atoms with E-state index in [1.165, 1.54) is 12.1 Å². The van der Waals surface area contributed by atoms with E-state index < -0.39 is 11.7 Å². The van der Waals surface area contributed by atoms with Gasteiger partial charge in [-0.15, -0.1) is 0 Å². The second-order valence-electron chi connectivity index (χ2n) is 9.16. The number of nitrogens with one attached hydrogen (secondary N) is 2. The highest BCUT2D eigenvalue weighted by Crippen LogP contribution is 2.43. The molecule has 194 valence electrons. The molecule has 1 aromatic heterocycles. The van der Waals surface area contributed by atoms with Crippen molar-refractivity contribution in [2.24, 2.45) is 4.99 Å². The van der Waals surface area contributed by atoms with Crippen LogP contribution in [-0.2, 0) is 12.7 Å². The fraction of sp³-hybridized carbons (Fsp3) is 0.370. The second kappa shape index (κ2) is 9.57. The smallest absolute Gasteiger partial charge is 0.340 e. The van der Waals surface area contributed by atoms with Gasteiger partial charge in [0, 0.05) is 12.7 Å². The molecule has 0 bridgehead atoms. The van der Waals surface area contributed by atoms with E-state index in [1.54, 1.807) is 9.58 Å². The van der Waals surface area contributed by atoms with E-state index >= 15 is 0 Å². The first-order valence-electron chi connectivity index (χ1n) is 12.6. The third-order valence-electron chi connectivity index (χ3n) is 6.96. The minimum Gasteiger partial charge on any atom is -0.340 e. The Bertz CT molecular complexity index is 1310. The van der Waals surface area contributed by atoms with E-state index in [4.69, 9.17) is 15.5 Å². The van der Waals surface area contributed by atoms with Crippen molar-refractivity contribution in [1.29, 1.82) is 5.41 Å².